The normalized spacial score (nSPS) is 13.1. The van der Waals surface area contributed by atoms with E-state index < -0.39 is 5.97 Å². The molecule has 32 heavy (non-hydrogen) atoms. The highest BCUT2D eigenvalue weighted by molar-refractivity contribution is 7.17. The molecule has 0 fully saturated rings. The third-order valence-electron chi connectivity index (χ3n) is 5.64. The predicted octanol–water partition coefficient (Wildman–Crippen LogP) is 5.63. The number of hydrogen-bond acceptors (Lipinski definition) is 5. The summed E-state index contributed by atoms with van der Waals surface area (Å²) in [5.74, 6) is -0.696. The van der Waals surface area contributed by atoms with Crippen molar-refractivity contribution in [2.75, 3.05) is 17.2 Å². The van der Waals surface area contributed by atoms with Gasteiger partial charge in [-0.25, -0.2) is 4.79 Å². The number of esters is 1. The van der Waals surface area contributed by atoms with Gasteiger partial charge in [0.2, 0.25) is 5.91 Å². The average molecular weight is 457 g/mol. The van der Waals surface area contributed by atoms with Gasteiger partial charge in [-0.15, -0.1) is 11.3 Å². The van der Waals surface area contributed by atoms with Gasteiger partial charge < -0.3 is 15.4 Å². The standard InChI is InChI=1S/C25H32N2O4S/c1-14(2)17-10-8-11-18(15(3)4)23(17)27-21(29)13-31-25(30)22-19-9-6-7-12-20(19)32-24(22)26-16(5)28/h8,10-11,14-15H,6-7,9,12-13H2,1-5H3,(H,26,28)(H,27,29). The molecule has 1 heterocycles. The van der Waals surface area contributed by atoms with E-state index in [4.69, 9.17) is 4.74 Å². The van der Waals surface area contributed by atoms with Gasteiger partial charge >= 0.3 is 5.97 Å². The van der Waals surface area contributed by atoms with Crippen molar-refractivity contribution in [3.8, 4) is 0 Å². The summed E-state index contributed by atoms with van der Waals surface area (Å²) in [6, 6.07) is 6.02. The molecule has 0 unspecified atom stereocenters. The van der Waals surface area contributed by atoms with Crippen molar-refractivity contribution in [3.63, 3.8) is 0 Å². The molecule has 7 heteroatoms. The van der Waals surface area contributed by atoms with Gasteiger partial charge in [0.05, 0.1) is 5.56 Å². The molecule has 1 aromatic heterocycles. The Bertz CT molecular complexity index is 997. The molecule has 6 nitrogen and oxygen atoms in total. The third-order valence-corrected chi connectivity index (χ3v) is 6.84. The zero-order valence-corrected chi connectivity index (χ0v) is 20.3. The molecule has 0 atom stereocenters. The smallest absolute Gasteiger partial charge is 0.341 e. The Labute approximate surface area is 193 Å². The first-order valence-electron chi connectivity index (χ1n) is 11.2. The number of benzene rings is 1. The minimum Gasteiger partial charge on any atom is -0.452 e. The number of carbonyl (C=O) groups excluding carboxylic acids is 3. The molecule has 1 aliphatic carbocycles. The number of thiophene rings is 1. The van der Waals surface area contributed by atoms with E-state index in [0.29, 0.717) is 10.6 Å². The number of amides is 2. The maximum Gasteiger partial charge on any atom is 0.341 e. The molecule has 0 bridgehead atoms. The van der Waals surface area contributed by atoms with Gasteiger partial charge in [-0.05, 0) is 54.2 Å². The fourth-order valence-electron chi connectivity index (χ4n) is 4.10. The van der Waals surface area contributed by atoms with Crippen LogP contribution in [0.2, 0.25) is 0 Å². The van der Waals surface area contributed by atoms with Gasteiger partial charge in [-0.2, -0.15) is 0 Å². The lowest BCUT2D eigenvalue weighted by atomic mass is 9.92. The van der Waals surface area contributed by atoms with Crippen LogP contribution in [0.4, 0.5) is 10.7 Å². The largest absolute Gasteiger partial charge is 0.452 e. The van der Waals surface area contributed by atoms with Crippen LogP contribution in [0.3, 0.4) is 0 Å². The lowest BCUT2D eigenvalue weighted by Gasteiger charge is -2.20. The number of carbonyl (C=O) groups is 3. The first-order valence-corrected chi connectivity index (χ1v) is 12.0. The van der Waals surface area contributed by atoms with E-state index in [1.54, 1.807) is 0 Å². The summed E-state index contributed by atoms with van der Waals surface area (Å²) in [4.78, 5) is 38.4. The molecular weight excluding hydrogens is 424 g/mol. The van der Waals surface area contributed by atoms with E-state index in [9.17, 15) is 14.4 Å². The lowest BCUT2D eigenvalue weighted by molar-refractivity contribution is -0.119. The fraction of sp³-hybridized carbons (Fsp3) is 0.480. The summed E-state index contributed by atoms with van der Waals surface area (Å²) in [5, 5.41) is 6.24. The van der Waals surface area contributed by atoms with Crippen molar-refractivity contribution < 1.29 is 19.1 Å². The van der Waals surface area contributed by atoms with Crippen LogP contribution in [0.1, 0.15) is 91.2 Å². The van der Waals surface area contributed by atoms with Crippen LogP contribution in [0.15, 0.2) is 18.2 Å². The average Bonchev–Trinajstić information content (AvgIpc) is 3.08. The fourth-order valence-corrected chi connectivity index (χ4v) is 5.43. The van der Waals surface area contributed by atoms with Crippen LogP contribution in [0.5, 0.6) is 0 Å². The second-order valence-corrected chi connectivity index (χ2v) is 9.95. The minimum atomic E-state index is -0.565. The number of rotatable bonds is 7. The highest BCUT2D eigenvalue weighted by Gasteiger charge is 2.27. The molecule has 0 saturated heterocycles. The Morgan fingerprint density at radius 2 is 1.62 bits per heavy atom. The molecule has 0 radical (unpaired) electrons. The van der Waals surface area contributed by atoms with Crippen molar-refractivity contribution in [3.05, 3.63) is 45.3 Å². The summed E-state index contributed by atoms with van der Waals surface area (Å²) in [6.45, 7) is 9.36. The van der Waals surface area contributed by atoms with Gasteiger partial charge in [0.1, 0.15) is 5.00 Å². The molecule has 0 aliphatic heterocycles. The Kier molecular flexibility index (Phi) is 7.72. The second kappa shape index (κ2) is 10.3. The van der Waals surface area contributed by atoms with Crippen LogP contribution in [0.25, 0.3) is 0 Å². The Morgan fingerprint density at radius 3 is 2.22 bits per heavy atom. The number of anilines is 2. The van der Waals surface area contributed by atoms with Gasteiger partial charge in [0.25, 0.3) is 5.91 Å². The SMILES string of the molecule is CC(=O)Nc1sc2c(c1C(=O)OCC(=O)Nc1c(C(C)C)cccc1C(C)C)CCCC2. The minimum absolute atomic E-state index is 0.234. The summed E-state index contributed by atoms with van der Waals surface area (Å²) in [7, 11) is 0. The molecular formula is C25H32N2O4S. The van der Waals surface area contributed by atoms with Gasteiger partial charge in [0, 0.05) is 17.5 Å². The highest BCUT2D eigenvalue weighted by Crippen LogP contribution is 2.38. The Hall–Kier alpha value is -2.67. The monoisotopic (exact) mass is 456 g/mol. The maximum atomic E-state index is 12.9. The number of hydrogen-bond donors (Lipinski definition) is 2. The summed E-state index contributed by atoms with van der Waals surface area (Å²) < 4.78 is 5.41. The van der Waals surface area contributed by atoms with Crippen LogP contribution < -0.4 is 10.6 Å². The molecule has 0 saturated carbocycles. The third kappa shape index (κ3) is 5.38. The van der Waals surface area contributed by atoms with E-state index in [2.05, 4.69) is 38.3 Å². The zero-order chi connectivity index (χ0) is 23.4. The molecule has 2 aromatic rings. The Balaban J connectivity index is 1.76. The molecule has 2 N–H and O–H groups in total. The lowest BCUT2D eigenvalue weighted by Crippen LogP contribution is -2.23. The van der Waals surface area contributed by atoms with E-state index in [1.807, 2.05) is 18.2 Å². The van der Waals surface area contributed by atoms with Crippen molar-refractivity contribution in [2.45, 2.75) is 72.1 Å². The molecule has 172 valence electrons. The molecule has 2 amide bonds. The maximum absolute atomic E-state index is 12.9. The van der Waals surface area contributed by atoms with Gasteiger partial charge in [0.15, 0.2) is 6.61 Å². The summed E-state index contributed by atoms with van der Waals surface area (Å²) >= 11 is 1.43. The number of aryl methyl sites for hydroxylation is 1. The van der Waals surface area contributed by atoms with E-state index >= 15 is 0 Å². The molecule has 1 aliphatic rings. The van der Waals surface area contributed by atoms with Crippen LogP contribution >= 0.6 is 11.3 Å². The number of ether oxygens (including phenoxy) is 1. The first kappa shape index (κ1) is 24.0. The molecule has 0 spiro atoms. The van der Waals surface area contributed by atoms with Gasteiger partial charge in [-0.1, -0.05) is 45.9 Å². The van der Waals surface area contributed by atoms with Crippen molar-refractivity contribution in [1.29, 1.82) is 0 Å². The quantitative estimate of drug-likeness (QED) is 0.529. The number of para-hydroxylation sites is 1. The van der Waals surface area contributed by atoms with Crippen LogP contribution in [-0.2, 0) is 27.2 Å². The van der Waals surface area contributed by atoms with Crippen molar-refractivity contribution in [1.82, 2.24) is 0 Å². The van der Waals surface area contributed by atoms with Crippen LogP contribution in [0, 0.1) is 0 Å². The zero-order valence-electron chi connectivity index (χ0n) is 19.5. The highest BCUT2D eigenvalue weighted by atomic mass is 32.1. The molecule has 3 rings (SSSR count). The number of fused-ring (bicyclic) bond motifs is 1. The van der Waals surface area contributed by atoms with Gasteiger partial charge in [-0.3, -0.25) is 9.59 Å². The second-order valence-electron chi connectivity index (χ2n) is 8.84. The Morgan fingerprint density at radius 1 is 1.00 bits per heavy atom. The van der Waals surface area contributed by atoms with Crippen molar-refractivity contribution >= 4 is 39.8 Å². The predicted molar refractivity (Wildman–Crippen MR) is 129 cm³/mol. The summed E-state index contributed by atoms with van der Waals surface area (Å²) in [6.07, 6.45) is 3.73. The topological polar surface area (TPSA) is 84.5 Å². The first-order chi connectivity index (χ1) is 15.2. The van der Waals surface area contributed by atoms with Crippen molar-refractivity contribution in [2.24, 2.45) is 0 Å². The molecule has 1 aromatic carbocycles. The summed E-state index contributed by atoms with van der Waals surface area (Å²) in [5.41, 5.74) is 4.25. The van der Waals surface area contributed by atoms with Crippen LogP contribution in [-0.4, -0.2) is 24.4 Å². The van der Waals surface area contributed by atoms with E-state index in [-0.39, 0.29) is 30.3 Å². The van der Waals surface area contributed by atoms with E-state index in [1.165, 1.54) is 18.3 Å². The van der Waals surface area contributed by atoms with E-state index in [0.717, 1.165) is 52.9 Å². The number of nitrogens with one attached hydrogen (secondary N) is 2.